The highest BCUT2D eigenvalue weighted by Crippen LogP contribution is 2.35. The van der Waals surface area contributed by atoms with Gasteiger partial charge < -0.3 is 25.0 Å². The fourth-order valence-electron chi connectivity index (χ4n) is 4.25. The monoisotopic (exact) mass is 537 g/mol. The molecule has 3 N–H and O–H groups in total. The lowest BCUT2D eigenvalue weighted by atomic mass is 10.0. The van der Waals surface area contributed by atoms with Crippen LogP contribution >= 0.6 is 23.2 Å². The van der Waals surface area contributed by atoms with E-state index in [9.17, 15) is 9.90 Å². The molecule has 0 spiro atoms. The fourth-order valence-corrected chi connectivity index (χ4v) is 4.77. The number of carbonyl (C=O) groups excluding carboxylic acids is 1. The van der Waals surface area contributed by atoms with Crippen LogP contribution in [0.3, 0.4) is 0 Å². The van der Waals surface area contributed by atoms with E-state index in [0.717, 1.165) is 16.7 Å². The molecule has 190 valence electrons. The van der Waals surface area contributed by atoms with E-state index in [1.807, 2.05) is 30.3 Å². The Kier molecular flexibility index (Phi) is 7.71. The molecule has 0 radical (unpaired) electrons. The van der Waals surface area contributed by atoms with E-state index >= 15 is 0 Å². The smallest absolute Gasteiger partial charge is 0.268 e. The summed E-state index contributed by atoms with van der Waals surface area (Å²) in [6, 6.07) is 15.8. The van der Waals surface area contributed by atoms with Crippen molar-refractivity contribution in [3.05, 3.63) is 88.3 Å². The van der Waals surface area contributed by atoms with Gasteiger partial charge in [-0.1, -0.05) is 53.5 Å². The number of morpholine rings is 1. The zero-order valence-corrected chi connectivity index (χ0v) is 21.3. The van der Waals surface area contributed by atoms with Crippen LogP contribution in [0.5, 0.6) is 0 Å². The van der Waals surface area contributed by atoms with Crippen molar-refractivity contribution in [3.63, 3.8) is 0 Å². The van der Waals surface area contributed by atoms with Gasteiger partial charge in [0.1, 0.15) is 5.69 Å². The van der Waals surface area contributed by atoms with Crippen molar-refractivity contribution in [2.24, 2.45) is 0 Å². The number of H-pyrrole nitrogens is 1. The summed E-state index contributed by atoms with van der Waals surface area (Å²) in [6.45, 7) is 2.35. The summed E-state index contributed by atoms with van der Waals surface area (Å²) in [5.74, 6) is 0.232. The largest absolute Gasteiger partial charge is 0.394 e. The van der Waals surface area contributed by atoms with E-state index in [2.05, 4.69) is 20.2 Å². The average molecular weight is 538 g/mol. The number of benzene rings is 2. The molecule has 3 heterocycles. The van der Waals surface area contributed by atoms with Crippen LogP contribution in [0, 0.1) is 0 Å². The molecule has 2 aromatic carbocycles. The number of ether oxygens (including phenoxy) is 1. The van der Waals surface area contributed by atoms with Gasteiger partial charge in [-0.3, -0.25) is 4.79 Å². The summed E-state index contributed by atoms with van der Waals surface area (Å²) >= 11 is 12.6. The quantitative estimate of drug-likeness (QED) is 0.314. The van der Waals surface area contributed by atoms with E-state index in [4.69, 9.17) is 32.9 Å². The predicted octanol–water partition coefficient (Wildman–Crippen LogP) is 4.75. The summed E-state index contributed by atoms with van der Waals surface area (Å²) in [4.78, 5) is 27.6. The van der Waals surface area contributed by atoms with Crippen molar-refractivity contribution in [1.29, 1.82) is 0 Å². The molecular formula is C27H25Cl2N5O3. The van der Waals surface area contributed by atoms with Crippen molar-refractivity contribution >= 4 is 35.1 Å². The number of nitrogens with one attached hydrogen (secondary N) is 2. The second-order valence-corrected chi connectivity index (χ2v) is 9.48. The van der Waals surface area contributed by atoms with Gasteiger partial charge in [-0.05, 0) is 35.4 Å². The molecule has 1 atom stereocenters. The lowest BCUT2D eigenvalue weighted by molar-refractivity contribution is 0.0911. The molecule has 1 amide bonds. The zero-order chi connectivity index (χ0) is 25.8. The number of nitrogens with zero attached hydrogens (tertiary/aromatic N) is 3. The number of amides is 1. The van der Waals surface area contributed by atoms with E-state index in [0.29, 0.717) is 59.2 Å². The number of halogens is 2. The van der Waals surface area contributed by atoms with Crippen molar-refractivity contribution in [2.45, 2.75) is 6.04 Å². The Morgan fingerprint density at radius 2 is 1.81 bits per heavy atom. The molecule has 0 saturated carbocycles. The first-order valence-corrected chi connectivity index (χ1v) is 12.6. The first-order chi connectivity index (χ1) is 18.0. The topological polar surface area (TPSA) is 103 Å². The van der Waals surface area contributed by atoms with E-state index in [1.54, 1.807) is 36.7 Å². The molecule has 37 heavy (non-hydrogen) atoms. The van der Waals surface area contributed by atoms with Crippen LogP contribution in [0.4, 0.5) is 5.95 Å². The van der Waals surface area contributed by atoms with Gasteiger partial charge in [-0.15, -0.1) is 0 Å². The SMILES string of the molecule is O=C(N[C@H](CO)c1ccccc1)c1cc(-c2nc(N3CCOCC3)ncc2-c2cc(Cl)cc(Cl)c2)c[nH]1. The number of aliphatic hydroxyl groups excluding tert-OH is 1. The molecule has 0 bridgehead atoms. The maximum atomic E-state index is 13.0. The van der Waals surface area contributed by atoms with Gasteiger partial charge in [0, 0.05) is 46.7 Å². The molecule has 5 rings (SSSR count). The third kappa shape index (κ3) is 5.78. The second-order valence-electron chi connectivity index (χ2n) is 8.61. The van der Waals surface area contributed by atoms with Crippen molar-refractivity contribution in [1.82, 2.24) is 20.3 Å². The summed E-state index contributed by atoms with van der Waals surface area (Å²) in [6.07, 6.45) is 3.48. The Bertz CT molecular complexity index is 1370. The highest BCUT2D eigenvalue weighted by atomic mass is 35.5. The Hall–Kier alpha value is -3.43. The van der Waals surface area contributed by atoms with E-state index < -0.39 is 6.04 Å². The molecule has 8 nitrogen and oxygen atoms in total. The standard InChI is InChI=1S/C27H25Cl2N5O3/c28-20-10-18(11-21(29)13-20)22-15-31-27(34-6-8-37-9-7-34)33-25(22)19-12-23(30-14-19)26(36)32-24(16-35)17-4-2-1-3-5-17/h1-5,10-15,24,30,35H,6-9,16H2,(H,32,36)/t24-/m1/s1. The molecule has 1 saturated heterocycles. The highest BCUT2D eigenvalue weighted by Gasteiger charge is 2.21. The number of hydrogen-bond donors (Lipinski definition) is 3. The summed E-state index contributed by atoms with van der Waals surface area (Å²) in [5, 5.41) is 13.7. The lowest BCUT2D eigenvalue weighted by Gasteiger charge is -2.27. The molecule has 10 heteroatoms. The van der Waals surface area contributed by atoms with Crippen LogP contribution in [0.1, 0.15) is 22.1 Å². The fraction of sp³-hybridized carbons (Fsp3) is 0.222. The number of aliphatic hydroxyl groups is 1. The van der Waals surface area contributed by atoms with E-state index in [1.165, 1.54) is 0 Å². The normalized spacial score (nSPS) is 14.4. The van der Waals surface area contributed by atoms with Gasteiger partial charge in [0.2, 0.25) is 5.95 Å². The maximum absolute atomic E-state index is 13.0. The molecule has 4 aromatic rings. The van der Waals surface area contributed by atoms with Gasteiger partial charge in [-0.25, -0.2) is 9.97 Å². The van der Waals surface area contributed by atoms with Gasteiger partial charge in [-0.2, -0.15) is 0 Å². The van der Waals surface area contributed by atoms with Crippen LogP contribution in [0.25, 0.3) is 22.4 Å². The first kappa shape index (κ1) is 25.2. The van der Waals surface area contributed by atoms with Crippen LogP contribution in [0.2, 0.25) is 10.0 Å². The number of anilines is 1. The number of aromatic nitrogens is 3. The van der Waals surface area contributed by atoms with Crippen molar-refractivity contribution in [3.8, 4) is 22.4 Å². The van der Waals surface area contributed by atoms with E-state index in [-0.39, 0.29) is 12.5 Å². The lowest BCUT2D eigenvalue weighted by Crippen LogP contribution is -2.37. The average Bonchev–Trinajstić information content (AvgIpc) is 3.42. The van der Waals surface area contributed by atoms with Crippen LogP contribution in [-0.2, 0) is 4.74 Å². The molecule has 0 aliphatic carbocycles. The Labute approximate surface area is 224 Å². The van der Waals surface area contributed by atoms with Gasteiger partial charge in [0.05, 0.1) is 31.6 Å². The third-order valence-corrected chi connectivity index (χ3v) is 6.57. The minimum atomic E-state index is -0.531. The zero-order valence-electron chi connectivity index (χ0n) is 19.8. The Morgan fingerprint density at radius 1 is 1.08 bits per heavy atom. The Balaban J connectivity index is 1.49. The predicted molar refractivity (Wildman–Crippen MR) is 144 cm³/mol. The molecule has 2 aromatic heterocycles. The summed E-state index contributed by atoms with van der Waals surface area (Å²) < 4.78 is 5.46. The molecular weight excluding hydrogens is 513 g/mol. The second kappa shape index (κ2) is 11.3. The van der Waals surface area contributed by atoms with Crippen LogP contribution in [-0.4, -0.2) is 58.9 Å². The number of aromatic amines is 1. The Morgan fingerprint density at radius 3 is 2.51 bits per heavy atom. The maximum Gasteiger partial charge on any atom is 0.268 e. The van der Waals surface area contributed by atoms with Gasteiger partial charge >= 0.3 is 0 Å². The number of carbonyl (C=O) groups is 1. The molecule has 1 aliphatic rings. The van der Waals surface area contributed by atoms with Gasteiger partial charge in [0.15, 0.2) is 0 Å². The molecule has 1 aliphatic heterocycles. The van der Waals surface area contributed by atoms with Crippen molar-refractivity contribution in [2.75, 3.05) is 37.8 Å². The molecule has 1 fully saturated rings. The third-order valence-electron chi connectivity index (χ3n) is 6.13. The van der Waals surface area contributed by atoms with Crippen LogP contribution in [0.15, 0.2) is 67.0 Å². The number of hydrogen-bond acceptors (Lipinski definition) is 6. The highest BCUT2D eigenvalue weighted by molar-refractivity contribution is 6.35. The minimum Gasteiger partial charge on any atom is -0.394 e. The summed E-state index contributed by atoms with van der Waals surface area (Å²) in [5.41, 5.74) is 3.98. The summed E-state index contributed by atoms with van der Waals surface area (Å²) in [7, 11) is 0. The minimum absolute atomic E-state index is 0.224. The van der Waals surface area contributed by atoms with Crippen LogP contribution < -0.4 is 10.2 Å². The number of rotatable bonds is 7. The first-order valence-electron chi connectivity index (χ1n) is 11.8. The van der Waals surface area contributed by atoms with Crippen molar-refractivity contribution < 1.29 is 14.6 Å². The molecule has 0 unspecified atom stereocenters. The van der Waals surface area contributed by atoms with Gasteiger partial charge in [0.25, 0.3) is 5.91 Å².